The second-order valence-electron chi connectivity index (χ2n) is 6.78. The Morgan fingerprint density at radius 3 is 2.31 bits per heavy atom. The van der Waals surface area contributed by atoms with Crippen molar-refractivity contribution in [3.05, 3.63) is 35.5 Å². The number of rotatable bonds is 6. The zero-order chi connectivity index (χ0) is 21.0. The SMILES string of the molecule is COc1cccc(OC)c1C(=O)c1cnc(NC2CCN(C(C)=O)CC2)nc1N. The molecule has 0 unspecified atom stereocenters. The van der Waals surface area contributed by atoms with Gasteiger partial charge < -0.3 is 25.4 Å². The van der Waals surface area contributed by atoms with Crippen molar-refractivity contribution in [2.24, 2.45) is 0 Å². The quantitative estimate of drug-likeness (QED) is 0.705. The van der Waals surface area contributed by atoms with Crippen LogP contribution in [0.15, 0.2) is 24.4 Å². The van der Waals surface area contributed by atoms with Crippen LogP contribution in [0.25, 0.3) is 0 Å². The molecule has 1 fully saturated rings. The molecule has 154 valence electrons. The summed E-state index contributed by atoms with van der Waals surface area (Å²) in [6.45, 7) is 2.95. The molecule has 9 nitrogen and oxygen atoms in total. The Labute approximate surface area is 169 Å². The average Bonchev–Trinajstić information content (AvgIpc) is 2.73. The molecule has 3 rings (SSSR count). The molecule has 0 atom stereocenters. The molecular formula is C20H25N5O4. The number of methoxy groups -OCH3 is 2. The van der Waals surface area contributed by atoms with Crippen molar-refractivity contribution in [1.29, 1.82) is 0 Å². The number of nitrogens with two attached hydrogens (primary N) is 1. The van der Waals surface area contributed by atoms with E-state index in [1.165, 1.54) is 20.4 Å². The third-order valence-electron chi connectivity index (χ3n) is 4.99. The van der Waals surface area contributed by atoms with Gasteiger partial charge in [0.2, 0.25) is 17.6 Å². The van der Waals surface area contributed by atoms with Crippen molar-refractivity contribution in [3.8, 4) is 11.5 Å². The maximum Gasteiger partial charge on any atom is 0.224 e. The van der Waals surface area contributed by atoms with Crippen LogP contribution in [0.1, 0.15) is 35.7 Å². The molecule has 1 saturated heterocycles. The normalized spacial score (nSPS) is 14.4. The highest BCUT2D eigenvalue weighted by atomic mass is 16.5. The van der Waals surface area contributed by atoms with E-state index < -0.39 is 0 Å². The highest BCUT2D eigenvalue weighted by Crippen LogP contribution is 2.31. The summed E-state index contributed by atoms with van der Waals surface area (Å²) in [6.07, 6.45) is 2.99. The fraction of sp³-hybridized carbons (Fsp3) is 0.400. The Morgan fingerprint density at radius 2 is 1.79 bits per heavy atom. The average molecular weight is 399 g/mol. The van der Waals surface area contributed by atoms with E-state index in [4.69, 9.17) is 15.2 Å². The van der Waals surface area contributed by atoms with Crippen molar-refractivity contribution in [2.75, 3.05) is 38.4 Å². The van der Waals surface area contributed by atoms with E-state index in [2.05, 4.69) is 15.3 Å². The molecule has 1 aromatic heterocycles. The lowest BCUT2D eigenvalue weighted by molar-refractivity contribution is -0.129. The standard InChI is InChI=1S/C20H25N5O4/c1-12(26)25-9-7-13(8-10-25)23-20-22-11-14(19(21)24-20)18(27)17-15(28-2)5-4-6-16(17)29-3/h4-6,11,13H,7-10H2,1-3H3,(H3,21,22,23,24). The predicted molar refractivity (Wildman–Crippen MR) is 108 cm³/mol. The molecular weight excluding hydrogens is 374 g/mol. The number of hydrogen-bond donors (Lipinski definition) is 2. The summed E-state index contributed by atoms with van der Waals surface area (Å²) in [5.74, 6) is 0.895. The van der Waals surface area contributed by atoms with Gasteiger partial charge in [0, 0.05) is 32.3 Å². The number of likely N-dealkylation sites (tertiary alicyclic amines) is 1. The van der Waals surface area contributed by atoms with Gasteiger partial charge in [-0.15, -0.1) is 0 Å². The number of ether oxygens (including phenoxy) is 2. The first-order valence-corrected chi connectivity index (χ1v) is 9.34. The third kappa shape index (κ3) is 4.39. The van der Waals surface area contributed by atoms with Gasteiger partial charge in [0.1, 0.15) is 22.9 Å². The molecule has 1 aliphatic rings. The maximum atomic E-state index is 13.0. The Kier molecular flexibility index (Phi) is 6.16. The summed E-state index contributed by atoms with van der Waals surface area (Å²) in [7, 11) is 2.96. The number of amides is 1. The first kappa shape index (κ1) is 20.4. The van der Waals surface area contributed by atoms with E-state index in [1.807, 2.05) is 4.90 Å². The molecule has 1 amide bonds. The van der Waals surface area contributed by atoms with E-state index in [0.29, 0.717) is 30.5 Å². The topological polar surface area (TPSA) is 120 Å². The van der Waals surface area contributed by atoms with E-state index in [0.717, 1.165) is 12.8 Å². The lowest BCUT2D eigenvalue weighted by Crippen LogP contribution is -2.41. The summed E-state index contributed by atoms with van der Waals surface area (Å²) in [5.41, 5.74) is 6.50. The number of carbonyl (C=O) groups is 2. The number of nitrogens with one attached hydrogen (secondary N) is 1. The van der Waals surface area contributed by atoms with Gasteiger partial charge in [0.05, 0.1) is 19.8 Å². The summed E-state index contributed by atoms with van der Waals surface area (Å²) in [5, 5.41) is 3.23. The molecule has 0 saturated carbocycles. The molecule has 9 heteroatoms. The second kappa shape index (κ2) is 8.76. The number of nitrogen functional groups attached to an aromatic ring is 1. The second-order valence-corrected chi connectivity index (χ2v) is 6.78. The molecule has 2 heterocycles. The number of aromatic nitrogens is 2. The molecule has 29 heavy (non-hydrogen) atoms. The zero-order valence-electron chi connectivity index (χ0n) is 16.8. The first-order valence-electron chi connectivity index (χ1n) is 9.34. The smallest absolute Gasteiger partial charge is 0.224 e. The summed E-state index contributed by atoms with van der Waals surface area (Å²) < 4.78 is 10.6. The van der Waals surface area contributed by atoms with Crippen LogP contribution >= 0.6 is 0 Å². The van der Waals surface area contributed by atoms with Gasteiger partial charge in [-0.1, -0.05) is 6.07 Å². The van der Waals surface area contributed by atoms with E-state index in [-0.39, 0.29) is 34.7 Å². The van der Waals surface area contributed by atoms with Gasteiger partial charge in [-0.05, 0) is 25.0 Å². The van der Waals surface area contributed by atoms with Crippen molar-refractivity contribution < 1.29 is 19.1 Å². The summed E-state index contributed by atoms with van der Waals surface area (Å²) in [4.78, 5) is 34.8. The number of nitrogens with zero attached hydrogens (tertiary/aromatic N) is 3. The van der Waals surface area contributed by atoms with Gasteiger partial charge in [0.15, 0.2) is 0 Å². The van der Waals surface area contributed by atoms with Gasteiger partial charge in [-0.25, -0.2) is 4.98 Å². The maximum absolute atomic E-state index is 13.0. The molecule has 0 aliphatic carbocycles. The molecule has 1 aromatic carbocycles. The number of hydrogen-bond acceptors (Lipinski definition) is 8. The zero-order valence-corrected chi connectivity index (χ0v) is 16.8. The summed E-state index contributed by atoms with van der Waals surface area (Å²) in [6, 6.07) is 5.23. The fourth-order valence-corrected chi connectivity index (χ4v) is 3.37. The lowest BCUT2D eigenvalue weighted by atomic mass is 10.0. The Morgan fingerprint density at radius 1 is 1.17 bits per heavy atom. The Hall–Kier alpha value is -3.36. The van der Waals surface area contributed by atoms with Crippen LogP contribution in [0.4, 0.5) is 11.8 Å². The molecule has 3 N–H and O–H groups in total. The number of carbonyl (C=O) groups excluding carboxylic acids is 2. The van der Waals surface area contributed by atoms with Crippen LogP contribution in [0, 0.1) is 0 Å². The number of anilines is 2. The van der Waals surface area contributed by atoms with Crippen molar-refractivity contribution in [2.45, 2.75) is 25.8 Å². The van der Waals surface area contributed by atoms with Crippen LogP contribution in [-0.2, 0) is 4.79 Å². The van der Waals surface area contributed by atoms with Crippen molar-refractivity contribution in [1.82, 2.24) is 14.9 Å². The first-order chi connectivity index (χ1) is 13.9. The van der Waals surface area contributed by atoms with Crippen LogP contribution < -0.4 is 20.5 Å². The van der Waals surface area contributed by atoms with Crippen LogP contribution in [0.3, 0.4) is 0 Å². The molecule has 0 spiro atoms. The largest absolute Gasteiger partial charge is 0.496 e. The molecule has 2 aromatic rings. The molecule has 0 bridgehead atoms. The molecule has 0 radical (unpaired) electrons. The van der Waals surface area contributed by atoms with Crippen LogP contribution in [0.2, 0.25) is 0 Å². The van der Waals surface area contributed by atoms with Gasteiger partial charge in [-0.2, -0.15) is 4.98 Å². The van der Waals surface area contributed by atoms with E-state index >= 15 is 0 Å². The van der Waals surface area contributed by atoms with Gasteiger partial charge in [-0.3, -0.25) is 9.59 Å². The van der Waals surface area contributed by atoms with Crippen molar-refractivity contribution >= 4 is 23.5 Å². The highest BCUT2D eigenvalue weighted by Gasteiger charge is 2.24. The van der Waals surface area contributed by atoms with Crippen LogP contribution in [-0.4, -0.2) is 59.9 Å². The minimum Gasteiger partial charge on any atom is -0.496 e. The minimum absolute atomic E-state index is 0.0710. The highest BCUT2D eigenvalue weighted by molar-refractivity contribution is 6.14. The predicted octanol–water partition coefficient (Wildman–Crippen LogP) is 1.73. The lowest BCUT2D eigenvalue weighted by Gasteiger charge is -2.31. The monoisotopic (exact) mass is 399 g/mol. The van der Waals surface area contributed by atoms with Crippen molar-refractivity contribution in [3.63, 3.8) is 0 Å². The molecule has 1 aliphatic heterocycles. The van der Waals surface area contributed by atoms with Crippen LogP contribution in [0.5, 0.6) is 11.5 Å². The Balaban J connectivity index is 1.77. The van der Waals surface area contributed by atoms with Gasteiger partial charge >= 0.3 is 0 Å². The van der Waals surface area contributed by atoms with E-state index in [9.17, 15) is 9.59 Å². The van der Waals surface area contributed by atoms with Gasteiger partial charge in [0.25, 0.3) is 0 Å². The fourth-order valence-electron chi connectivity index (χ4n) is 3.37. The van der Waals surface area contributed by atoms with E-state index in [1.54, 1.807) is 25.1 Å². The minimum atomic E-state index is -0.377. The number of ketones is 1. The third-order valence-corrected chi connectivity index (χ3v) is 4.99. The number of piperidine rings is 1. The summed E-state index contributed by atoms with van der Waals surface area (Å²) >= 11 is 0. The number of benzene rings is 1. The Bertz CT molecular complexity index is 887.